The number of hydrogen-bond acceptors (Lipinski definition) is 7. The van der Waals surface area contributed by atoms with Crippen molar-refractivity contribution in [3.8, 4) is 28.8 Å². The molecule has 0 saturated carbocycles. The Morgan fingerprint density at radius 3 is 2.49 bits per heavy atom. The van der Waals surface area contributed by atoms with Crippen LogP contribution < -0.4 is 20.5 Å². The highest BCUT2D eigenvalue weighted by atomic mass is 19.1. The van der Waals surface area contributed by atoms with Gasteiger partial charge in [-0.1, -0.05) is 24.3 Å². The second-order valence-electron chi connectivity index (χ2n) is 10.5. The first-order valence-corrected chi connectivity index (χ1v) is 12.9. The molecule has 10 heteroatoms. The number of rotatable bonds is 8. The predicted octanol–water partition coefficient (Wildman–Crippen LogP) is 4.78. The van der Waals surface area contributed by atoms with Crippen LogP contribution in [0.2, 0.25) is 0 Å². The standard InChI is InChI=1S/C31H29FN6O3/c1-31(2,34)17-36-30(39)29(20-9-11-21(32)12-10-20)41-26-13-22-23(14-25(26)40-4)35-16-24-27(22)28(37-38(24)3)19-7-5-18(15-33)6-8-19/h5-14,16,29H,17,34H2,1-4H3,(H,36,39). The molecule has 3 N–H and O–H groups in total. The lowest BCUT2D eigenvalue weighted by atomic mass is 10.0. The van der Waals surface area contributed by atoms with E-state index in [2.05, 4.69) is 16.4 Å². The molecule has 2 aromatic heterocycles. The van der Waals surface area contributed by atoms with Crippen LogP contribution in [0.4, 0.5) is 4.39 Å². The van der Waals surface area contributed by atoms with Crippen molar-refractivity contribution in [2.45, 2.75) is 25.5 Å². The number of hydrogen-bond donors (Lipinski definition) is 2. The fraction of sp³-hybridized carbons (Fsp3) is 0.226. The number of aromatic nitrogens is 3. The van der Waals surface area contributed by atoms with Gasteiger partial charge < -0.3 is 20.5 Å². The van der Waals surface area contributed by atoms with Gasteiger partial charge in [0, 0.05) is 47.1 Å². The fourth-order valence-corrected chi connectivity index (χ4v) is 4.54. The largest absolute Gasteiger partial charge is 0.493 e. The maximum absolute atomic E-state index is 13.7. The van der Waals surface area contributed by atoms with Gasteiger partial charge >= 0.3 is 0 Å². The molecule has 0 aliphatic rings. The molecule has 5 aromatic rings. The van der Waals surface area contributed by atoms with Crippen LogP contribution in [0.15, 0.2) is 66.9 Å². The van der Waals surface area contributed by atoms with Crippen LogP contribution in [0.1, 0.15) is 31.1 Å². The Hall–Kier alpha value is -5.01. The second-order valence-corrected chi connectivity index (χ2v) is 10.5. The molecule has 0 spiro atoms. The van der Waals surface area contributed by atoms with Gasteiger partial charge in [0.25, 0.3) is 5.91 Å². The van der Waals surface area contributed by atoms with Gasteiger partial charge in [0.2, 0.25) is 6.10 Å². The van der Waals surface area contributed by atoms with E-state index in [4.69, 9.17) is 20.3 Å². The van der Waals surface area contributed by atoms with E-state index >= 15 is 0 Å². The molecular formula is C31H29FN6O3. The van der Waals surface area contributed by atoms with Crippen LogP contribution in [0.25, 0.3) is 33.1 Å². The molecule has 1 unspecified atom stereocenters. The Balaban J connectivity index is 1.65. The first-order valence-electron chi connectivity index (χ1n) is 12.9. The van der Waals surface area contributed by atoms with Gasteiger partial charge in [0.05, 0.1) is 36.0 Å². The number of carbonyl (C=O) groups excluding carboxylic acids is 1. The van der Waals surface area contributed by atoms with Gasteiger partial charge in [0.1, 0.15) is 11.5 Å². The summed E-state index contributed by atoms with van der Waals surface area (Å²) in [5, 5.41) is 18.3. The summed E-state index contributed by atoms with van der Waals surface area (Å²) < 4.78 is 27.4. The average molecular weight is 553 g/mol. The van der Waals surface area contributed by atoms with Crippen LogP contribution in [0, 0.1) is 17.1 Å². The van der Waals surface area contributed by atoms with Gasteiger partial charge in [-0.25, -0.2) is 4.39 Å². The third-order valence-corrected chi connectivity index (χ3v) is 6.63. The molecule has 208 valence electrons. The van der Waals surface area contributed by atoms with E-state index < -0.39 is 23.4 Å². The monoisotopic (exact) mass is 552 g/mol. The van der Waals surface area contributed by atoms with E-state index in [1.165, 1.54) is 31.4 Å². The molecular weight excluding hydrogens is 523 g/mol. The van der Waals surface area contributed by atoms with E-state index in [0.29, 0.717) is 33.8 Å². The van der Waals surface area contributed by atoms with E-state index in [-0.39, 0.29) is 6.54 Å². The molecule has 1 amide bonds. The van der Waals surface area contributed by atoms with Crippen molar-refractivity contribution in [3.05, 3.63) is 83.8 Å². The van der Waals surface area contributed by atoms with Gasteiger partial charge in [-0.05, 0) is 44.2 Å². The molecule has 0 aliphatic carbocycles. The summed E-state index contributed by atoms with van der Waals surface area (Å²) in [7, 11) is 3.33. The second kappa shape index (κ2) is 10.9. The zero-order valence-corrected chi connectivity index (χ0v) is 23.1. The average Bonchev–Trinajstić information content (AvgIpc) is 3.31. The molecule has 3 aromatic carbocycles. The number of benzene rings is 3. The Labute approximate surface area is 236 Å². The number of aryl methyl sites for hydroxylation is 1. The molecule has 0 saturated heterocycles. The summed E-state index contributed by atoms with van der Waals surface area (Å²) in [6.45, 7) is 3.80. The van der Waals surface area contributed by atoms with Crippen molar-refractivity contribution in [3.63, 3.8) is 0 Å². The smallest absolute Gasteiger partial charge is 0.265 e. The number of nitriles is 1. The minimum absolute atomic E-state index is 0.204. The van der Waals surface area contributed by atoms with Gasteiger partial charge in [-0.3, -0.25) is 14.5 Å². The van der Waals surface area contributed by atoms with Crippen molar-refractivity contribution in [1.29, 1.82) is 5.26 Å². The summed E-state index contributed by atoms with van der Waals surface area (Å²) in [5.41, 5.74) is 9.38. The van der Waals surface area contributed by atoms with Crippen molar-refractivity contribution < 1.29 is 18.7 Å². The Morgan fingerprint density at radius 1 is 1.15 bits per heavy atom. The molecule has 41 heavy (non-hydrogen) atoms. The number of ether oxygens (including phenoxy) is 2. The SMILES string of the molecule is COc1cc2ncc3c(c(-c4ccc(C#N)cc4)nn3C)c2cc1OC(C(=O)NCC(C)(C)N)c1ccc(F)cc1. The minimum atomic E-state index is -1.12. The summed E-state index contributed by atoms with van der Waals surface area (Å²) >= 11 is 0. The van der Waals surface area contributed by atoms with Crippen LogP contribution in [0.3, 0.4) is 0 Å². The molecule has 0 aliphatic heterocycles. The first-order chi connectivity index (χ1) is 19.6. The number of nitrogens with two attached hydrogens (primary N) is 1. The van der Waals surface area contributed by atoms with Crippen molar-refractivity contribution in [2.24, 2.45) is 12.8 Å². The molecule has 2 heterocycles. The van der Waals surface area contributed by atoms with Gasteiger partial charge in [-0.2, -0.15) is 10.4 Å². The molecule has 0 radical (unpaired) electrons. The van der Waals surface area contributed by atoms with Gasteiger partial charge in [-0.15, -0.1) is 0 Å². The van der Waals surface area contributed by atoms with Crippen LogP contribution in [-0.4, -0.2) is 39.9 Å². The number of methoxy groups -OCH3 is 1. The quantitative estimate of drug-likeness (QED) is 0.283. The number of halogens is 1. The third kappa shape index (κ3) is 5.66. The van der Waals surface area contributed by atoms with E-state index in [1.807, 2.05) is 19.2 Å². The van der Waals surface area contributed by atoms with E-state index in [9.17, 15) is 14.4 Å². The molecule has 5 rings (SSSR count). The summed E-state index contributed by atoms with van der Waals surface area (Å²) in [6.07, 6.45) is 0.615. The van der Waals surface area contributed by atoms with Crippen LogP contribution >= 0.6 is 0 Å². The molecule has 0 fully saturated rings. The Morgan fingerprint density at radius 2 is 1.85 bits per heavy atom. The molecule has 9 nitrogen and oxygen atoms in total. The highest BCUT2D eigenvalue weighted by Gasteiger charge is 2.27. The van der Waals surface area contributed by atoms with Gasteiger partial charge in [0.15, 0.2) is 11.5 Å². The van der Waals surface area contributed by atoms with Crippen LogP contribution in [0.5, 0.6) is 11.5 Å². The maximum Gasteiger partial charge on any atom is 0.265 e. The number of nitrogens with zero attached hydrogens (tertiary/aromatic N) is 4. The lowest BCUT2D eigenvalue weighted by Crippen LogP contribution is -2.46. The third-order valence-electron chi connectivity index (χ3n) is 6.63. The number of amides is 1. The molecule has 1 atom stereocenters. The predicted molar refractivity (Wildman–Crippen MR) is 154 cm³/mol. The number of carbonyl (C=O) groups is 1. The number of nitrogens with one attached hydrogen (secondary N) is 1. The molecule has 0 bridgehead atoms. The fourth-order valence-electron chi connectivity index (χ4n) is 4.54. The number of pyridine rings is 1. The summed E-state index contributed by atoms with van der Waals surface area (Å²) in [4.78, 5) is 18.0. The first kappa shape index (κ1) is 27.6. The van der Waals surface area contributed by atoms with E-state index in [0.717, 1.165) is 21.9 Å². The van der Waals surface area contributed by atoms with Crippen molar-refractivity contribution >= 4 is 27.7 Å². The van der Waals surface area contributed by atoms with Crippen molar-refractivity contribution in [1.82, 2.24) is 20.1 Å². The van der Waals surface area contributed by atoms with Crippen LogP contribution in [-0.2, 0) is 11.8 Å². The highest BCUT2D eigenvalue weighted by molar-refractivity contribution is 6.12. The zero-order valence-electron chi connectivity index (χ0n) is 23.1. The zero-order chi connectivity index (χ0) is 29.3. The Bertz CT molecular complexity index is 1780. The lowest BCUT2D eigenvalue weighted by molar-refractivity contribution is -0.128. The summed E-state index contributed by atoms with van der Waals surface area (Å²) in [6, 6.07) is 18.4. The topological polar surface area (TPSA) is 128 Å². The van der Waals surface area contributed by atoms with E-state index in [1.54, 1.807) is 49.0 Å². The maximum atomic E-state index is 13.7. The van der Waals surface area contributed by atoms with Crippen molar-refractivity contribution in [2.75, 3.05) is 13.7 Å². The Kier molecular flexibility index (Phi) is 7.30. The highest BCUT2D eigenvalue weighted by Crippen LogP contribution is 2.40. The number of fused-ring (bicyclic) bond motifs is 3. The minimum Gasteiger partial charge on any atom is -0.493 e. The summed E-state index contributed by atoms with van der Waals surface area (Å²) in [5.74, 6) is -0.208. The normalized spacial score (nSPS) is 12.2. The lowest BCUT2D eigenvalue weighted by Gasteiger charge is -2.24.